The molecule has 0 aliphatic carbocycles. The van der Waals surface area contributed by atoms with Gasteiger partial charge in [-0.25, -0.2) is 0 Å². The van der Waals surface area contributed by atoms with Crippen LogP contribution in [0.15, 0.2) is 36.4 Å². The summed E-state index contributed by atoms with van der Waals surface area (Å²) in [6.07, 6.45) is -17.8. The first-order valence-electron chi connectivity index (χ1n) is 13.3. The lowest BCUT2D eigenvalue weighted by Crippen LogP contribution is -2.71. The fraction of sp³-hybridized carbons (Fsp3) is 0.462. The SMILES string of the molecule is O=C(/C=C(\O)c1ccc(-c2ccc(/C(O)=C/C(=O)C(F)(F)C(F)(F)C(F)(F)C(F)(F)C(F)(F)C(F)(F)F)s2)s1)C(F)(F)C(F)(F)C(F)(F)C(F)(F)C(F)(F)C(F)(F)F. The molecule has 0 atom stereocenters. The Balaban J connectivity index is 2.43. The zero-order valence-corrected chi connectivity index (χ0v) is 27.5. The minimum absolute atomic E-state index is 0.0425. The van der Waals surface area contributed by atoms with Crippen molar-refractivity contribution in [3.63, 3.8) is 0 Å². The highest BCUT2D eigenvalue weighted by molar-refractivity contribution is 7.23. The molecule has 2 N–H and O–H groups in total. The molecule has 0 saturated carbocycles. The number of rotatable bonds is 15. The minimum atomic E-state index is -8.37. The van der Waals surface area contributed by atoms with Gasteiger partial charge in [-0.15, -0.1) is 22.7 Å². The molecule has 0 unspecified atom stereocenters. The van der Waals surface area contributed by atoms with Gasteiger partial charge in [0.1, 0.15) is 11.5 Å². The first-order valence-corrected chi connectivity index (χ1v) is 14.9. The summed E-state index contributed by atoms with van der Waals surface area (Å²) in [7, 11) is 0. The molecule has 0 radical (unpaired) electrons. The predicted molar refractivity (Wildman–Crippen MR) is 140 cm³/mol. The molecule has 32 heteroatoms. The van der Waals surface area contributed by atoms with Crippen LogP contribution in [0.25, 0.3) is 21.3 Å². The number of ketones is 2. The lowest BCUT2D eigenvalue weighted by Gasteiger charge is -2.39. The number of thiophene rings is 2. The van der Waals surface area contributed by atoms with Gasteiger partial charge in [0.15, 0.2) is 0 Å². The molecular weight excluding hydrogens is 934 g/mol. The smallest absolute Gasteiger partial charge is 0.460 e. The van der Waals surface area contributed by atoms with Gasteiger partial charge in [0, 0.05) is 21.9 Å². The van der Waals surface area contributed by atoms with Crippen molar-refractivity contribution in [3.8, 4) is 9.75 Å². The number of allylic oxidation sites excluding steroid dienone is 2. The molecule has 0 fully saturated rings. The number of aliphatic hydroxyl groups excluding tert-OH is 2. The van der Waals surface area contributed by atoms with Gasteiger partial charge >= 0.3 is 71.6 Å². The van der Waals surface area contributed by atoms with Crippen LogP contribution < -0.4 is 0 Å². The molecular formula is C26H8F26O4S2. The number of hydrogen-bond acceptors (Lipinski definition) is 6. The Kier molecular flexibility index (Phi) is 12.4. The van der Waals surface area contributed by atoms with E-state index in [9.17, 15) is 134 Å². The van der Waals surface area contributed by atoms with E-state index in [0.29, 0.717) is 24.3 Å². The summed E-state index contributed by atoms with van der Waals surface area (Å²) in [5.41, 5.74) is 0. The maximum absolute atomic E-state index is 14.1. The number of hydrogen-bond donors (Lipinski definition) is 2. The number of carbonyl (C=O) groups is 2. The molecule has 0 bridgehead atoms. The molecule has 2 aromatic heterocycles. The molecule has 4 nitrogen and oxygen atoms in total. The van der Waals surface area contributed by atoms with Crippen molar-refractivity contribution in [2.75, 3.05) is 0 Å². The van der Waals surface area contributed by atoms with Crippen LogP contribution in [0.2, 0.25) is 0 Å². The van der Waals surface area contributed by atoms with Crippen LogP contribution in [0.4, 0.5) is 114 Å². The highest BCUT2D eigenvalue weighted by Gasteiger charge is 2.93. The van der Waals surface area contributed by atoms with Crippen LogP contribution in [0.3, 0.4) is 0 Å². The van der Waals surface area contributed by atoms with Crippen molar-refractivity contribution in [1.29, 1.82) is 0 Å². The first kappa shape index (κ1) is 50.1. The van der Waals surface area contributed by atoms with Gasteiger partial charge in [0.25, 0.3) is 0 Å². The molecule has 0 aromatic carbocycles. The molecule has 0 amide bonds. The van der Waals surface area contributed by atoms with Crippen molar-refractivity contribution in [2.45, 2.75) is 71.6 Å². The molecule has 0 saturated heterocycles. The number of halogens is 26. The third kappa shape index (κ3) is 7.31. The van der Waals surface area contributed by atoms with Gasteiger partial charge in [0.2, 0.25) is 11.6 Å². The number of alkyl halides is 26. The lowest BCUT2D eigenvalue weighted by molar-refractivity contribution is -0.435. The van der Waals surface area contributed by atoms with Crippen LogP contribution in [-0.2, 0) is 9.59 Å². The van der Waals surface area contributed by atoms with Gasteiger partial charge in [-0.3, -0.25) is 9.59 Å². The third-order valence-electron chi connectivity index (χ3n) is 6.98. The van der Waals surface area contributed by atoms with Crippen LogP contribution in [-0.4, -0.2) is 93.4 Å². The van der Waals surface area contributed by atoms with E-state index in [1.165, 1.54) is 0 Å². The van der Waals surface area contributed by atoms with Crippen molar-refractivity contribution in [2.24, 2.45) is 0 Å². The summed E-state index contributed by atoms with van der Waals surface area (Å²) in [6.45, 7) is 0. The van der Waals surface area contributed by atoms with Crippen LogP contribution >= 0.6 is 22.7 Å². The van der Waals surface area contributed by atoms with Crippen molar-refractivity contribution >= 4 is 45.8 Å². The van der Waals surface area contributed by atoms with Crippen molar-refractivity contribution in [1.82, 2.24) is 0 Å². The van der Waals surface area contributed by atoms with Gasteiger partial charge in [-0.05, 0) is 24.3 Å². The van der Waals surface area contributed by atoms with Gasteiger partial charge in [-0.1, -0.05) is 0 Å². The van der Waals surface area contributed by atoms with E-state index in [1.54, 1.807) is 0 Å². The average Bonchev–Trinajstić information content (AvgIpc) is 3.73. The van der Waals surface area contributed by atoms with Crippen molar-refractivity contribution < 1.29 is 134 Å². The Labute approximate surface area is 307 Å². The van der Waals surface area contributed by atoms with E-state index in [-0.39, 0.29) is 22.7 Å². The lowest BCUT2D eigenvalue weighted by atomic mass is 9.92. The predicted octanol–water partition coefficient (Wildman–Crippen LogP) is 11.9. The van der Waals surface area contributed by atoms with E-state index in [0.717, 1.165) is 0 Å². The molecule has 58 heavy (non-hydrogen) atoms. The normalized spacial score (nSPS) is 15.9. The molecule has 2 heterocycles. The molecule has 0 aliphatic heterocycles. The Hall–Kier alpha value is -4.00. The molecule has 0 aliphatic rings. The van der Waals surface area contributed by atoms with E-state index < -0.39 is 126 Å². The summed E-state index contributed by atoms with van der Waals surface area (Å²) < 4.78 is 346. The zero-order valence-electron chi connectivity index (χ0n) is 25.8. The highest BCUT2D eigenvalue weighted by Crippen LogP contribution is 2.62. The quantitative estimate of drug-likeness (QED) is 0.106. The highest BCUT2D eigenvalue weighted by atomic mass is 32.1. The third-order valence-corrected chi connectivity index (χ3v) is 9.39. The summed E-state index contributed by atoms with van der Waals surface area (Å²) in [5.74, 6) is -92.2. The van der Waals surface area contributed by atoms with Gasteiger partial charge < -0.3 is 10.2 Å². The van der Waals surface area contributed by atoms with E-state index in [4.69, 9.17) is 0 Å². The standard InChI is InChI=1S/C26H8F26O4S2/c27-15(28,17(31,32)19(35,36)21(39,40)23(43,44)25(47,48)49)13(55)5-7(53)9-1-3-11(57-9)12-4-2-10(58-12)8(54)6-14(56)16(29,30)18(33,34)20(37,38)22(41,42)24(45,46)26(50,51)52/h1-6,53-54H/b7-5-,8-6-. The van der Waals surface area contributed by atoms with E-state index in [2.05, 4.69) is 0 Å². The number of carbonyl (C=O) groups excluding carboxylic acids is 2. The maximum atomic E-state index is 14.1. The average molecular weight is 942 g/mol. The first-order chi connectivity index (χ1) is 25.3. The summed E-state index contributed by atoms with van der Waals surface area (Å²) in [5, 5.41) is 19.7. The zero-order chi connectivity index (χ0) is 46.3. The van der Waals surface area contributed by atoms with Gasteiger partial charge in [0.05, 0.1) is 9.75 Å². The Bertz CT molecular complexity index is 1810. The van der Waals surface area contributed by atoms with Crippen LogP contribution in [0.5, 0.6) is 0 Å². The molecule has 0 spiro atoms. The maximum Gasteiger partial charge on any atom is 0.460 e. The second kappa shape index (κ2) is 14.3. The number of aliphatic hydroxyl groups is 2. The second-order valence-corrected chi connectivity index (χ2v) is 13.0. The largest absolute Gasteiger partial charge is 0.506 e. The summed E-state index contributed by atoms with van der Waals surface area (Å²) >= 11 is -0.0849. The Morgan fingerprint density at radius 1 is 0.379 bits per heavy atom. The fourth-order valence-electron chi connectivity index (χ4n) is 3.64. The van der Waals surface area contributed by atoms with E-state index >= 15 is 0 Å². The minimum Gasteiger partial charge on any atom is -0.506 e. The summed E-state index contributed by atoms with van der Waals surface area (Å²) in [6, 6.07) is 2.29. The van der Waals surface area contributed by atoms with Crippen LogP contribution in [0.1, 0.15) is 9.75 Å². The second-order valence-electron chi connectivity index (χ2n) is 10.9. The van der Waals surface area contributed by atoms with Crippen molar-refractivity contribution in [3.05, 3.63) is 46.2 Å². The Morgan fingerprint density at radius 3 is 0.828 bits per heavy atom. The Morgan fingerprint density at radius 2 is 0.603 bits per heavy atom. The topological polar surface area (TPSA) is 74.6 Å². The molecule has 2 aromatic rings. The van der Waals surface area contributed by atoms with Gasteiger partial charge in [-0.2, -0.15) is 114 Å². The fourth-order valence-corrected chi connectivity index (χ4v) is 5.57. The molecule has 2 rings (SSSR count). The van der Waals surface area contributed by atoms with E-state index in [1.807, 2.05) is 0 Å². The molecule has 330 valence electrons. The van der Waals surface area contributed by atoms with Crippen LogP contribution in [0, 0.1) is 0 Å². The monoisotopic (exact) mass is 942 g/mol. The summed E-state index contributed by atoms with van der Waals surface area (Å²) in [4.78, 5) is 20.5.